The molecule has 2 rings (SSSR count). The van der Waals surface area contributed by atoms with E-state index in [1.165, 1.54) is 29.7 Å². The Hall–Kier alpha value is -0.980. The second kappa shape index (κ2) is 3.55. The Morgan fingerprint density at radius 3 is 2.87 bits per heavy atom. The second-order valence-corrected chi connectivity index (χ2v) is 5.16. The van der Waals surface area contributed by atoms with Crippen LogP contribution in [-0.4, -0.2) is 5.54 Å². The molecule has 15 heavy (non-hydrogen) atoms. The van der Waals surface area contributed by atoms with Gasteiger partial charge in [0.2, 0.25) is 0 Å². The van der Waals surface area contributed by atoms with Crippen molar-refractivity contribution in [2.45, 2.75) is 46.1 Å². The van der Waals surface area contributed by atoms with Gasteiger partial charge in [0.25, 0.3) is 0 Å². The van der Waals surface area contributed by atoms with Gasteiger partial charge in [0.05, 0.1) is 0 Å². The number of nitrogens with one attached hydrogen (secondary N) is 1. The molecule has 1 heterocycles. The molecule has 0 bridgehead atoms. The van der Waals surface area contributed by atoms with Gasteiger partial charge in [-0.3, -0.25) is 0 Å². The van der Waals surface area contributed by atoms with E-state index < -0.39 is 0 Å². The molecule has 0 spiro atoms. The third kappa shape index (κ3) is 1.75. The minimum Gasteiger partial charge on any atom is -0.379 e. The van der Waals surface area contributed by atoms with Gasteiger partial charge in [0, 0.05) is 11.2 Å². The number of fused-ring (bicyclic) bond motifs is 1. The predicted octanol–water partition coefficient (Wildman–Crippen LogP) is 3.77. The lowest BCUT2D eigenvalue weighted by Crippen LogP contribution is -2.45. The average Bonchev–Trinajstić information content (AvgIpc) is 2.20. The van der Waals surface area contributed by atoms with Crippen LogP contribution in [0, 0.1) is 12.8 Å². The van der Waals surface area contributed by atoms with E-state index in [4.69, 9.17) is 0 Å². The van der Waals surface area contributed by atoms with Gasteiger partial charge in [-0.1, -0.05) is 31.5 Å². The smallest absolute Gasteiger partial charge is 0.0377 e. The molecule has 82 valence electrons. The minimum absolute atomic E-state index is 0.266. The molecule has 2 atom stereocenters. The Morgan fingerprint density at radius 1 is 1.47 bits per heavy atom. The third-order valence-electron chi connectivity index (χ3n) is 4.03. The van der Waals surface area contributed by atoms with Crippen molar-refractivity contribution in [3.63, 3.8) is 0 Å². The van der Waals surface area contributed by atoms with Gasteiger partial charge in [0.15, 0.2) is 0 Å². The Morgan fingerprint density at radius 2 is 2.20 bits per heavy atom. The van der Waals surface area contributed by atoms with Crippen LogP contribution in [0.3, 0.4) is 0 Å². The summed E-state index contributed by atoms with van der Waals surface area (Å²) in [6.07, 6.45) is 2.38. The molecule has 0 aromatic heterocycles. The fraction of sp³-hybridized carbons (Fsp3) is 0.571. The second-order valence-electron chi connectivity index (χ2n) is 5.16. The van der Waals surface area contributed by atoms with Gasteiger partial charge in [-0.2, -0.15) is 0 Å². The van der Waals surface area contributed by atoms with Crippen molar-refractivity contribution >= 4 is 5.69 Å². The van der Waals surface area contributed by atoms with Gasteiger partial charge >= 0.3 is 0 Å². The number of benzene rings is 1. The van der Waals surface area contributed by atoms with Crippen LogP contribution in [0.5, 0.6) is 0 Å². The minimum atomic E-state index is 0.266. The molecule has 2 unspecified atom stereocenters. The largest absolute Gasteiger partial charge is 0.379 e. The molecule has 1 heteroatoms. The van der Waals surface area contributed by atoms with E-state index in [2.05, 4.69) is 51.2 Å². The lowest BCUT2D eigenvalue weighted by molar-refractivity contribution is 0.323. The van der Waals surface area contributed by atoms with E-state index in [0.29, 0.717) is 5.92 Å². The number of rotatable bonds is 1. The van der Waals surface area contributed by atoms with Gasteiger partial charge < -0.3 is 5.32 Å². The zero-order valence-corrected chi connectivity index (χ0v) is 10.2. The van der Waals surface area contributed by atoms with Crippen LogP contribution in [0.15, 0.2) is 18.2 Å². The molecular weight excluding hydrogens is 182 g/mol. The highest BCUT2D eigenvalue weighted by molar-refractivity contribution is 5.56. The van der Waals surface area contributed by atoms with Crippen LogP contribution in [0.4, 0.5) is 5.69 Å². The van der Waals surface area contributed by atoms with Crippen molar-refractivity contribution in [1.29, 1.82) is 0 Å². The van der Waals surface area contributed by atoms with Gasteiger partial charge in [-0.05, 0) is 44.2 Å². The summed E-state index contributed by atoms with van der Waals surface area (Å²) in [5.41, 5.74) is 4.45. The summed E-state index contributed by atoms with van der Waals surface area (Å²) in [5, 5.41) is 3.70. The third-order valence-corrected chi connectivity index (χ3v) is 4.03. The Kier molecular flexibility index (Phi) is 2.49. The molecule has 0 saturated carbocycles. The summed E-state index contributed by atoms with van der Waals surface area (Å²) in [7, 11) is 0. The molecule has 1 nitrogen and oxygen atoms in total. The first-order valence-corrected chi connectivity index (χ1v) is 5.93. The van der Waals surface area contributed by atoms with Crippen molar-refractivity contribution in [3.8, 4) is 0 Å². The van der Waals surface area contributed by atoms with Crippen LogP contribution >= 0.6 is 0 Å². The molecule has 1 N–H and O–H groups in total. The highest BCUT2D eigenvalue weighted by atomic mass is 15.0. The summed E-state index contributed by atoms with van der Waals surface area (Å²) in [5.74, 6) is 0.705. The van der Waals surface area contributed by atoms with Crippen LogP contribution in [0.2, 0.25) is 0 Å². The van der Waals surface area contributed by atoms with Crippen LogP contribution in [-0.2, 0) is 6.42 Å². The zero-order chi connectivity index (χ0) is 11.1. The molecule has 0 saturated heterocycles. The van der Waals surface area contributed by atoms with E-state index in [1.54, 1.807) is 0 Å². The summed E-state index contributed by atoms with van der Waals surface area (Å²) in [6, 6.07) is 6.73. The molecule has 0 aliphatic carbocycles. The maximum Gasteiger partial charge on any atom is 0.0377 e. The van der Waals surface area contributed by atoms with Crippen molar-refractivity contribution in [2.24, 2.45) is 5.92 Å². The average molecular weight is 203 g/mol. The van der Waals surface area contributed by atoms with Crippen molar-refractivity contribution in [2.75, 3.05) is 5.32 Å². The number of aryl methyl sites for hydroxylation is 1. The monoisotopic (exact) mass is 203 g/mol. The molecule has 0 fully saturated rings. The number of anilines is 1. The van der Waals surface area contributed by atoms with Crippen LogP contribution in [0.1, 0.15) is 38.3 Å². The fourth-order valence-corrected chi connectivity index (χ4v) is 2.44. The number of hydrogen-bond acceptors (Lipinski definition) is 1. The standard InChI is InChI=1S/C14H21N/c1-5-14(4)11(3)9-12-8-10(2)6-7-13(12)15-14/h6-8,11,15H,5,9H2,1-4H3. The van der Waals surface area contributed by atoms with E-state index in [0.717, 1.165) is 0 Å². The van der Waals surface area contributed by atoms with E-state index in [9.17, 15) is 0 Å². The molecule has 1 aliphatic rings. The van der Waals surface area contributed by atoms with Crippen LogP contribution in [0.25, 0.3) is 0 Å². The van der Waals surface area contributed by atoms with Crippen molar-refractivity contribution in [3.05, 3.63) is 29.3 Å². The Bertz CT molecular complexity index is 370. The first-order valence-electron chi connectivity index (χ1n) is 5.93. The first-order chi connectivity index (χ1) is 7.05. The van der Waals surface area contributed by atoms with E-state index >= 15 is 0 Å². The van der Waals surface area contributed by atoms with Gasteiger partial charge in [-0.15, -0.1) is 0 Å². The Balaban J connectivity index is 2.38. The molecule has 0 radical (unpaired) electrons. The maximum atomic E-state index is 3.70. The maximum absolute atomic E-state index is 3.70. The van der Waals surface area contributed by atoms with Gasteiger partial charge in [0.1, 0.15) is 0 Å². The molecule has 0 amide bonds. The van der Waals surface area contributed by atoms with E-state index in [-0.39, 0.29) is 5.54 Å². The van der Waals surface area contributed by atoms with E-state index in [1.807, 2.05) is 0 Å². The normalized spacial score (nSPS) is 29.5. The van der Waals surface area contributed by atoms with Gasteiger partial charge in [-0.25, -0.2) is 0 Å². The lowest BCUT2D eigenvalue weighted by atomic mass is 9.77. The topological polar surface area (TPSA) is 12.0 Å². The summed E-state index contributed by atoms with van der Waals surface area (Å²) >= 11 is 0. The quantitative estimate of drug-likeness (QED) is 0.732. The molecule has 1 aliphatic heterocycles. The predicted molar refractivity (Wildman–Crippen MR) is 66.4 cm³/mol. The number of hydrogen-bond donors (Lipinski definition) is 1. The molecule has 1 aromatic carbocycles. The fourth-order valence-electron chi connectivity index (χ4n) is 2.44. The Labute approximate surface area is 92.9 Å². The molecular formula is C14H21N. The first kappa shape index (κ1) is 10.5. The van der Waals surface area contributed by atoms with Crippen molar-refractivity contribution < 1.29 is 0 Å². The summed E-state index contributed by atoms with van der Waals surface area (Å²) < 4.78 is 0. The van der Waals surface area contributed by atoms with Crippen molar-refractivity contribution in [1.82, 2.24) is 0 Å². The highest BCUT2D eigenvalue weighted by Gasteiger charge is 2.33. The summed E-state index contributed by atoms with van der Waals surface area (Å²) in [6.45, 7) is 9.11. The van der Waals surface area contributed by atoms with Crippen LogP contribution < -0.4 is 5.32 Å². The SMILES string of the molecule is CCC1(C)Nc2ccc(C)cc2CC1C. The zero-order valence-electron chi connectivity index (χ0n) is 10.2. The summed E-state index contributed by atoms with van der Waals surface area (Å²) in [4.78, 5) is 0. The lowest BCUT2D eigenvalue weighted by Gasteiger charge is -2.42. The highest BCUT2D eigenvalue weighted by Crippen LogP contribution is 2.36. The molecule has 1 aromatic rings.